The van der Waals surface area contributed by atoms with Crippen LogP contribution in [0.15, 0.2) is 36.5 Å². The molecule has 0 aromatic heterocycles. The minimum absolute atomic E-state index is 0.243. The van der Waals surface area contributed by atoms with Crippen LogP contribution in [0.5, 0.6) is 0 Å². The Labute approximate surface area is 296 Å². The summed E-state index contributed by atoms with van der Waals surface area (Å²) in [7, 11) is -4.45. The van der Waals surface area contributed by atoms with Crippen LogP contribution in [-0.4, -0.2) is 53.1 Å². The Kier molecular flexibility index (Phi) is 32.9. The van der Waals surface area contributed by atoms with Gasteiger partial charge in [-0.1, -0.05) is 166 Å². The SMILES string of the molecule is CCCCCCCC/C=C\CCCCC(O)C(=O)NC(CS(=O)(=O)O)C(O)/C=C/CC/C=C/CCCCCCCCCCCCCCC. The van der Waals surface area contributed by atoms with Crippen molar-refractivity contribution in [2.24, 2.45) is 0 Å². The Balaban J connectivity index is 4.13. The molecule has 0 spiro atoms. The number of aliphatic hydroxyl groups excluding tert-OH is 2. The van der Waals surface area contributed by atoms with Gasteiger partial charge in [0.1, 0.15) is 6.10 Å². The molecule has 0 aromatic rings. The second kappa shape index (κ2) is 34.0. The van der Waals surface area contributed by atoms with E-state index in [1.807, 2.05) is 0 Å². The van der Waals surface area contributed by atoms with Gasteiger partial charge in [0.15, 0.2) is 0 Å². The van der Waals surface area contributed by atoms with Gasteiger partial charge in [-0.3, -0.25) is 9.35 Å². The molecule has 0 aliphatic carbocycles. The lowest BCUT2D eigenvalue weighted by molar-refractivity contribution is -0.130. The number of carbonyl (C=O) groups is 1. The topological polar surface area (TPSA) is 124 Å². The number of hydrogen-bond donors (Lipinski definition) is 4. The summed E-state index contributed by atoms with van der Waals surface area (Å²) in [5.74, 6) is -1.58. The molecule has 0 aromatic carbocycles. The molecule has 282 valence electrons. The number of rotatable bonds is 35. The summed E-state index contributed by atoms with van der Waals surface area (Å²) < 4.78 is 32.4. The molecule has 0 aliphatic rings. The van der Waals surface area contributed by atoms with Gasteiger partial charge in [0, 0.05) is 0 Å². The second-order valence-electron chi connectivity index (χ2n) is 13.7. The third-order valence-electron chi connectivity index (χ3n) is 8.90. The molecule has 0 bridgehead atoms. The highest BCUT2D eigenvalue weighted by Gasteiger charge is 2.27. The van der Waals surface area contributed by atoms with Gasteiger partial charge < -0.3 is 15.5 Å². The molecular weight excluding hydrogens is 623 g/mol. The Hall–Kier alpha value is -1.48. The molecule has 0 saturated heterocycles. The molecule has 4 N–H and O–H groups in total. The number of nitrogens with one attached hydrogen (secondary N) is 1. The fourth-order valence-corrected chi connectivity index (χ4v) is 6.55. The van der Waals surface area contributed by atoms with Crippen molar-refractivity contribution in [3.05, 3.63) is 36.5 Å². The molecule has 0 fully saturated rings. The van der Waals surface area contributed by atoms with Crippen LogP contribution in [0.4, 0.5) is 0 Å². The van der Waals surface area contributed by atoms with Gasteiger partial charge in [0.2, 0.25) is 5.91 Å². The van der Waals surface area contributed by atoms with E-state index < -0.39 is 40.0 Å². The standard InChI is InChI=1S/C40H75NO6S/c1-3-5-7-9-11-13-15-17-18-19-20-21-22-23-25-26-28-30-32-34-38(42)37(36-48(45,46)47)41-40(44)39(43)35-33-31-29-27-24-16-14-12-10-8-6-4-2/h24-27,32,34,37-39,42-43H,3-23,28-31,33,35-36H2,1-2H3,(H,41,44)(H,45,46,47)/b26-25+,27-24-,34-32+. The molecule has 7 nitrogen and oxygen atoms in total. The average molecular weight is 698 g/mol. The van der Waals surface area contributed by atoms with Crippen LogP contribution < -0.4 is 5.32 Å². The minimum atomic E-state index is -4.45. The highest BCUT2D eigenvalue weighted by Crippen LogP contribution is 2.14. The predicted molar refractivity (Wildman–Crippen MR) is 204 cm³/mol. The van der Waals surface area contributed by atoms with E-state index in [0.717, 1.165) is 32.1 Å². The van der Waals surface area contributed by atoms with Gasteiger partial charge in [0.25, 0.3) is 10.1 Å². The van der Waals surface area contributed by atoms with E-state index in [0.29, 0.717) is 12.8 Å². The van der Waals surface area contributed by atoms with Crippen LogP contribution in [0, 0.1) is 0 Å². The first-order valence-electron chi connectivity index (χ1n) is 19.8. The fourth-order valence-electron chi connectivity index (χ4n) is 5.82. The molecule has 0 saturated carbocycles. The van der Waals surface area contributed by atoms with Crippen LogP contribution in [0.2, 0.25) is 0 Å². The Morgan fingerprint density at radius 3 is 1.38 bits per heavy atom. The van der Waals surface area contributed by atoms with E-state index in [9.17, 15) is 28.0 Å². The van der Waals surface area contributed by atoms with Crippen molar-refractivity contribution in [1.82, 2.24) is 5.32 Å². The maximum absolute atomic E-state index is 12.5. The van der Waals surface area contributed by atoms with E-state index >= 15 is 0 Å². The Morgan fingerprint density at radius 1 is 0.562 bits per heavy atom. The zero-order valence-corrected chi connectivity index (χ0v) is 31.8. The van der Waals surface area contributed by atoms with Gasteiger partial charge >= 0.3 is 0 Å². The van der Waals surface area contributed by atoms with Gasteiger partial charge in [-0.2, -0.15) is 8.42 Å². The first kappa shape index (κ1) is 46.5. The molecular formula is C40H75NO6S. The average Bonchev–Trinajstić information content (AvgIpc) is 3.05. The minimum Gasteiger partial charge on any atom is -0.387 e. The zero-order chi connectivity index (χ0) is 35.6. The smallest absolute Gasteiger partial charge is 0.267 e. The number of amides is 1. The van der Waals surface area contributed by atoms with E-state index in [4.69, 9.17) is 0 Å². The summed E-state index contributed by atoms with van der Waals surface area (Å²) in [6, 6.07) is -1.26. The molecule has 0 heterocycles. The molecule has 8 heteroatoms. The van der Waals surface area contributed by atoms with Crippen molar-refractivity contribution in [3.63, 3.8) is 0 Å². The van der Waals surface area contributed by atoms with Crippen molar-refractivity contribution in [1.29, 1.82) is 0 Å². The van der Waals surface area contributed by atoms with Crippen LogP contribution in [0.3, 0.4) is 0 Å². The van der Waals surface area contributed by atoms with Crippen LogP contribution in [0.1, 0.15) is 187 Å². The first-order chi connectivity index (χ1) is 23.2. The van der Waals surface area contributed by atoms with E-state index in [2.05, 4.69) is 43.5 Å². The molecule has 0 aliphatic heterocycles. The first-order valence-corrected chi connectivity index (χ1v) is 21.4. The van der Waals surface area contributed by atoms with Gasteiger partial charge in [0.05, 0.1) is 17.9 Å². The monoisotopic (exact) mass is 698 g/mol. The number of carbonyl (C=O) groups excluding carboxylic acids is 1. The van der Waals surface area contributed by atoms with Gasteiger partial charge in [-0.15, -0.1) is 0 Å². The molecule has 1 amide bonds. The maximum atomic E-state index is 12.5. The lowest BCUT2D eigenvalue weighted by Crippen LogP contribution is -2.50. The summed E-state index contributed by atoms with van der Waals surface area (Å²) in [6.45, 7) is 4.48. The van der Waals surface area contributed by atoms with Crippen LogP contribution in [0.25, 0.3) is 0 Å². The molecule has 0 radical (unpaired) electrons. The molecule has 3 atom stereocenters. The lowest BCUT2D eigenvalue weighted by atomic mass is 10.0. The van der Waals surface area contributed by atoms with Gasteiger partial charge in [-0.05, 0) is 57.8 Å². The number of unbranched alkanes of at least 4 members (excludes halogenated alkanes) is 22. The highest BCUT2D eigenvalue weighted by atomic mass is 32.2. The maximum Gasteiger partial charge on any atom is 0.267 e. The van der Waals surface area contributed by atoms with E-state index in [-0.39, 0.29) is 6.42 Å². The largest absolute Gasteiger partial charge is 0.387 e. The van der Waals surface area contributed by atoms with Crippen LogP contribution in [-0.2, 0) is 14.9 Å². The number of allylic oxidation sites excluding steroid dienone is 5. The zero-order valence-electron chi connectivity index (χ0n) is 31.0. The van der Waals surface area contributed by atoms with Crippen LogP contribution >= 0.6 is 0 Å². The highest BCUT2D eigenvalue weighted by molar-refractivity contribution is 7.85. The summed E-state index contributed by atoms with van der Waals surface area (Å²) in [5, 5.41) is 23.3. The summed E-state index contributed by atoms with van der Waals surface area (Å²) in [6.07, 6.45) is 40.7. The predicted octanol–water partition coefficient (Wildman–Crippen LogP) is 10.3. The third-order valence-corrected chi connectivity index (χ3v) is 9.68. The summed E-state index contributed by atoms with van der Waals surface area (Å²) >= 11 is 0. The van der Waals surface area contributed by atoms with E-state index in [1.165, 1.54) is 128 Å². The quantitative estimate of drug-likeness (QED) is 0.0297. The Bertz CT molecular complexity index is 917. The van der Waals surface area contributed by atoms with Crippen molar-refractivity contribution in [2.45, 2.75) is 205 Å². The van der Waals surface area contributed by atoms with Crippen molar-refractivity contribution >= 4 is 16.0 Å². The normalized spacial score (nSPS) is 14.4. The van der Waals surface area contributed by atoms with Crippen molar-refractivity contribution < 1.29 is 28.0 Å². The third kappa shape index (κ3) is 33.0. The van der Waals surface area contributed by atoms with Crippen molar-refractivity contribution in [2.75, 3.05) is 5.75 Å². The number of aliphatic hydroxyl groups is 2. The molecule has 3 unspecified atom stereocenters. The lowest BCUT2D eigenvalue weighted by Gasteiger charge is -2.22. The van der Waals surface area contributed by atoms with Gasteiger partial charge in [-0.25, -0.2) is 0 Å². The molecule has 0 rings (SSSR count). The second-order valence-corrected chi connectivity index (χ2v) is 15.2. The molecule has 48 heavy (non-hydrogen) atoms. The summed E-state index contributed by atoms with van der Waals surface area (Å²) in [4.78, 5) is 12.5. The summed E-state index contributed by atoms with van der Waals surface area (Å²) in [5.41, 5.74) is 0. The fraction of sp³-hybridized carbons (Fsp3) is 0.825. The number of hydrogen-bond acceptors (Lipinski definition) is 5. The van der Waals surface area contributed by atoms with Crippen molar-refractivity contribution in [3.8, 4) is 0 Å². The van der Waals surface area contributed by atoms with E-state index in [1.54, 1.807) is 6.08 Å². The Morgan fingerprint density at radius 2 is 0.938 bits per heavy atom.